The van der Waals surface area contributed by atoms with Crippen LogP contribution in [0.3, 0.4) is 0 Å². The van der Waals surface area contributed by atoms with Crippen molar-refractivity contribution < 1.29 is 4.79 Å². The largest absolute Gasteiger partial charge is 0.355 e. The quantitative estimate of drug-likeness (QED) is 0.185. The molecule has 0 aromatic carbocycles. The maximum atomic E-state index is 11.4. The number of nitrogens with one attached hydrogen (secondary N) is 1. The van der Waals surface area contributed by atoms with Crippen molar-refractivity contribution in [2.75, 3.05) is 12.4 Å². The molecule has 136 valence electrons. The molecule has 0 heterocycles. The predicted octanol–water partition coefficient (Wildman–Crippen LogP) is 6.38. The first-order valence-electron chi connectivity index (χ1n) is 9.79. The van der Waals surface area contributed by atoms with Crippen LogP contribution in [0.15, 0.2) is 12.2 Å². The van der Waals surface area contributed by atoms with Crippen LogP contribution in [-0.2, 0) is 4.79 Å². The van der Waals surface area contributed by atoms with Gasteiger partial charge in [-0.3, -0.25) is 4.79 Å². The van der Waals surface area contributed by atoms with Crippen molar-refractivity contribution in [1.82, 2.24) is 5.32 Å². The zero-order valence-corrected chi connectivity index (χ0v) is 16.0. The molecule has 0 spiro atoms. The first-order chi connectivity index (χ1) is 11.3. The lowest BCUT2D eigenvalue weighted by molar-refractivity contribution is -0.121. The first kappa shape index (κ1) is 22.5. The molecule has 0 aliphatic carbocycles. The number of allylic oxidation sites excluding steroid dienone is 2. The summed E-state index contributed by atoms with van der Waals surface area (Å²) < 4.78 is 0. The van der Waals surface area contributed by atoms with Crippen molar-refractivity contribution in [1.29, 1.82) is 0 Å². The summed E-state index contributed by atoms with van der Waals surface area (Å²) in [5, 5.41) is 2.80. The number of hydrogen-bond acceptors (Lipinski definition) is 1. The van der Waals surface area contributed by atoms with Gasteiger partial charge in [-0.1, -0.05) is 70.4 Å². The van der Waals surface area contributed by atoms with Gasteiger partial charge in [0, 0.05) is 18.8 Å². The Balaban J connectivity index is 3.14. The summed E-state index contributed by atoms with van der Waals surface area (Å²) in [7, 11) is 0. The molecule has 0 bridgehead atoms. The van der Waals surface area contributed by atoms with Gasteiger partial charge in [-0.15, -0.1) is 11.6 Å². The Kier molecular flexibility index (Phi) is 19.1. The molecule has 0 aromatic heterocycles. The van der Waals surface area contributed by atoms with Crippen LogP contribution in [0.25, 0.3) is 0 Å². The highest BCUT2D eigenvalue weighted by atomic mass is 35.5. The van der Waals surface area contributed by atoms with Gasteiger partial charge in [0.1, 0.15) is 0 Å². The maximum absolute atomic E-state index is 11.4. The average molecular weight is 344 g/mol. The summed E-state index contributed by atoms with van der Waals surface area (Å²) in [6.45, 7) is 2.86. The van der Waals surface area contributed by atoms with Crippen molar-refractivity contribution in [3.05, 3.63) is 12.2 Å². The normalized spacial score (nSPS) is 11.2. The van der Waals surface area contributed by atoms with E-state index in [0.717, 1.165) is 12.8 Å². The SMILES string of the molecule is CCCCCCCCC=CCCCCCCCC(=O)NCCCl. The van der Waals surface area contributed by atoms with Gasteiger partial charge in [0.15, 0.2) is 0 Å². The van der Waals surface area contributed by atoms with E-state index < -0.39 is 0 Å². The molecule has 3 heteroatoms. The summed E-state index contributed by atoms with van der Waals surface area (Å²) in [5.74, 6) is 0.640. The fraction of sp³-hybridized carbons (Fsp3) is 0.850. The monoisotopic (exact) mass is 343 g/mol. The second-order valence-corrected chi connectivity index (χ2v) is 6.75. The van der Waals surface area contributed by atoms with E-state index in [1.54, 1.807) is 0 Å². The van der Waals surface area contributed by atoms with Crippen LogP contribution in [0.1, 0.15) is 96.8 Å². The minimum atomic E-state index is 0.142. The number of hydrogen-bond donors (Lipinski definition) is 1. The van der Waals surface area contributed by atoms with Gasteiger partial charge < -0.3 is 5.32 Å². The van der Waals surface area contributed by atoms with Crippen LogP contribution in [0.4, 0.5) is 0 Å². The Labute approximate surface area is 149 Å². The standard InChI is InChI=1S/C20H38ClNO/c1-2-3-4-5-6-7-8-9-10-11-12-13-14-15-16-17-20(23)22-19-18-21/h9-10H,2-8,11-19H2,1H3,(H,22,23). The van der Waals surface area contributed by atoms with Gasteiger partial charge in [-0.25, -0.2) is 0 Å². The van der Waals surface area contributed by atoms with E-state index >= 15 is 0 Å². The maximum Gasteiger partial charge on any atom is 0.220 e. The number of unbranched alkanes of at least 4 members (excludes halogenated alkanes) is 11. The fourth-order valence-electron chi connectivity index (χ4n) is 2.63. The van der Waals surface area contributed by atoms with Crippen LogP contribution in [0.5, 0.6) is 0 Å². The Morgan fingerprint density at radius 2 is 1.35 bits per heavy atom. The highest BCUT2D eigenvalue weighted by Gasteiger charge is 1.99. The number of amides is 1. The molecule has 2 nitrogen and oxygen atoms in total. The zero-order chi connectivity index (χ0) is 17.0. The van der Waals surface area contributed by atoms with Gasteiger partial charge in [0.2, 0.25) is 5.91 Å². The summed E-state index contributed by atoms with van der Waals surface area (Å²) >= 11 is 5.52. The summed E-state index contributed by atoms with van der Waals surface area (Å²) in [4.78, 5) is 11.4. The van der Waals surface area contributed by atoms with Gasteiger partial charge >= 0.3 is 0 Å². The molecule has 23 heavy (non-hydrogen) atoms. The van der Waals surface area contributed by atoms with Crippen molar-refractivity contribution in [2.45, 2.75) is 96.8 Å². The summed E-state index contributed by atoms with van der Waals surface area (Å²) in [6, 6.07) is 0. The second kappa shape index (κ2) is 19.5. The van der Waals surface area contributed by atoms with Crippen molar-refractivity contribution in [3.63, 3.8) is 0 Å². The molecule has 0 aromatic rings. The van der Waals surface area contributed by atoms with Crippen LogP contribution in [0.2, 0.25) is 0 Å². The molecular weight excluding hydrogens is 306 g/mol. The van der Waals surface area contributed by atoms with Gasteiger partial charge in [-0.2, -0.15) is 0 Å². The Hall–Kier alpha value is -0.500. The van der Waals surface area contributed by atoms with Gasteiger partial charge in [0.05, 0.1) is 0 Å². The minimum absolute atomic E-state index is 0.142. The molecule has 0 saturated carbocycles. The summed E-state index contributed by atoms with van der Waals surface area (Å²) in [6.07, 6.45) is 22.1. The van der Waals surface area contributed by atoms with Gasteiger partial charge in [-0.05, 0) is 32.1 Å². The smallest absolute Gasteiger partial charge is 0.220 e. The van der Waals surface area contributed by atoms with E-state index in [0.29, 0.717) is 18.8 Å². The molecule has 0 unspecified atom stereocenters. The lowest BCUT2D eigenvalue weighted by Gasteiger charge is -2.02. The number of alkyl halides is 1. The fourth-order valence-corrected chi connectivity index (χ4v) is 2.73. The lowest BCUT2D eigenvalue weighted by Crippen LogP contribution is -2.24. The second-order valence-electron chi connectivity index (χ2n) is 6.37. The number of rotatable bonds is 17. The third-order valence-electron chi connectivity index (χ3n) is 4.08. The molecular formula is C20H38ClNO. The number of carbonyl (C=O) groups excluding carboxylic acids is 1. The number of halogens is 1. The van der Waals surface area contributed by atoms with E-state index in [1.165, 1.54) is 70.6 Å². The molecule has 0 fully saturated rings. The van der Waals surface area contributed by atoms with E-state index in [4.69, 9.17) is 11.6 Å². The van der Waals surface area contributed by atoms with Crippen LogP contribution in [0, 0.1) is 0 Å². The van der Waals surface area contributed by atoms with Gasteiger partial charge in [0.25, 0.3) is 0 Å². The van der Waals surface area contributed by atoms with Crippen molar-refractivity contribution in [2.24, 2.45) is 0 Å². The zero-order valence-electron chi connectivity index (χ0n) is 15.3. The van der Waals surface area contributed by atoms with E-state index in [2.05, 4.69) is 24.4 Å². The van der Waals surface area contributed by atoms with E-state index in [-0.39, 0.29) is 5.91 Å². The van der Waals surface area contributed by atoms with Crippen LogP contribution >= 0.6 is 11.6 Å². The molecule has 0 aliphatic heterocycles. The lowest BCUT2D eigenvalue weighted by atomic mass is 10.1. The van der Waals surface area contributed by atoms with Crippen molar-refractivity contribution in [3.8, 4) is 0 Å². The Bertz CT molecular complexity index is 279. The Morgan fingerprint density at radius 3 is 1.91 bits per heavy atom. The third-order valence-corrected chi connectivity index (χ3v) is 4.27. The molecule has 1 N–H and O–H groups in total. The van der Waals surface area contributed by atoms with Crippen molar-refractivity contribution >= 4 is 17.5 Å². The molecule has 0 rings (SSSR count). The molecule has 0 radical (unpaired) electrons. The molecule has 1 amide bonds. The molecule has 0 atom stereocenters. The Morgan fingerprint density at radius 1 is 0.826 bits per heavy atom. The first-order valence-corrected chi connectivity index (χ1v) is 10.3. The number of carbonyl (C=O) groups is 1. The topological polar surface area (TPSA) is 29.1 Å². The summed E-state index contributed by atoms with van der Waals surface area (Å²) in [5.41, 5.74) is 0. The van der Waals surface area contributed by atoms with E-state index in [1.807, 2.05) is 0 Å². The average Bonchev–Trinajstić information content (AvgIpc) is 2.56. The predicted molar refractivity (Wildman–Crippen MR) is 103 cm³/mol. The third kappa shape index (κ3) is 19.5. The molecule has 0 saturated heterocycles. The highest BCUT2D eigenvalue weighted by Crippen LogP contribution is 2.09. The van der Waals surface area contributed by atoms with Crippen LogP contribution < -0.4 is 5.32 Å². The molecule has 0 aliphatic rings. The highest BCUT2D eigenvalue weighted by molar-refractivity contribution is 6.18. The van der Waals surface area contributed by atoms with E-state index in [9.17, 15) is 4.79 Å². The minimum Gasteiger partial charge on any atom is -0.355 e. The van der Waals surface area contributed by atoms with Crippen LogP contribution in [-0.4, -0.2) is 18.3 Å².